The Morgan fingerprint density at radius 1 is 1.50 bits per heavy atom. The maximum absolute atomic E-state index is 11.3. The number of ether oxygens (including phenoxy) is 1. The van der Waals surface area contributed by atoms with E-state index in [9.17, 15) is 4.79 Å². The van der Waals surface area contributed by atoms with E-state index >= 15 is 0 Å². The highest BCUT2D eigenvalue weighted by atomic mass is 16.5. The summed E-state index contributed by atoms with van der Waals surface area (Å²) in [7, 11) is 1.32. The highest BCUT2D eigenvalue weighted by Crippen LogP contribution is 2.11. The lowest BCUT2D eigenvalue weighted by atomic mass is 10.3. The van der Waals surface area contributed by atoms with Crippen molar-refractivity contribution < 1.29 is 9.53 Å². The van der Waals surface area contributed by atoms with Crippen molar-refractivity contribution in [1.82, 2.24) is 14.5 Å². The average Bonchev–Trinajstić information content (AvgIpc) is 2.75. The first-order chi connectivity index (χ1) is 8.63. The molecule has 18 heavy (non-hydrogen) atoms. The Morgan fingerprint density at radius 3 is 2.72 bits per heavy atom. The van der Waals surface area contributed by atoms with Crippen LogP contribution in [0.3, 0.4) is 0 Å². The van der Waals surface area contributed by atoms with Gasteiger partial charge in [-0.05, 0) is 26.1 Å². The Balaban J connectivity index is 2.53. The van der Waals surface area contributed by atoms with Gasteiger partial charge < -0.3 is 19.9 Å². The van der Waals surface area contributed by atoms with E-state index in [0.717, 1.165) is 32.6 Å². The van der Waals surface area contributed by atoms with E-state index < -0.39 is 5.97 Å². The predicted molar refractivity (Wildman–Crippen MR) is 70.4 cm³/mol. The molecule has 0 aliphatic heterocycles. The minimum atomic E-state index is -0.491. The fraction of sp³-hybridized carbons (Fsp3) is 0.667. The zero-order valence-electron chi connectivity index (χ0n) is 11.3. The lowest BCUT2D eigenvalue weighted by Gasteiger charge is -2.17. The molecule has 102 valence electrons. The number of nitrogen functional groups attached to an aromatic ring is 1. The maximum Gasteiger partial charge on any atom is 0.360 e. The Hall–Kier alpha value is -1.56. The van der Waals surface area contributed by atoms with Crippen LogP contribution in [0.4, 0.5) is 5.82 Å². The molecule has 1 heterocycles. The zero-order valence-corrected chi connectivity index (χ0v) is 11.3. The van der Waals surface area contributed by atoms with Gasteiger partial charge in [-0.3, -0.25) is 0 Å². The van der Waals surface area contributed by atoms with Crippen molar-refractivity contribution in [2.24, 2.45) is 0 Å². The number of nitrogens with two attached hydrogens (primary N) is 1. The number of aromatic nitrogens is 2. The van der Waals surface area contributed by atoms with E-state index in [1.165, 1.54) is 7.11 Å². The summed E-state index contributed by atoms with van der Waals surface area (Å²) in [6, 6.07) is 0. The average molecular weight is 254 g/mol. The molecular formula is C12H22N4O2. The van der Waals surface area contributed by atoms with Gasteiger partial charge in [0.05, 0.1) is 13.4 Å². The van der Waals surface area contributed by atoms with Crippen molar-refractivity contribution in [3.05, 3.63) is 12.0 Å². The third-order valence-corrected chi connectivity index (χ3v) is 3.02. The summed E-state index contributed by atoms with van der Waals surface area (Å²) in [4.78, 5) is 17.7. The summed E-state index contributed by atoms with van der Waals surface area (Å²) in [6.07, 6.45) is 2.56. The molecule has 1 rings (SSSR count). The maximum atomic E-state index is 11.3. The molecule has 0 atom stereocenters. The molecule has 0 aromatic carbocycles. The van der Waals surface area contributed by atoms with Gasteiger partial charge in [0.15, 0.2) is 5.69 Å². The van der Waals surface area contributed by atoms with Crippen LogP contribution in [-0.2, 0) is 11.3 Å². The van der Waals surface area contributed by atoms with Crippen molar-refractivity contribution in [3.63, 3.8) is 0 Å². The summed E-state index contributed by atoms with van der Waals surface area (Å²) in [6.45, 7) is 8.14. The number of esters is 1. The van der Waals surface area contributed by atoms with Crippen molar-refractivity contribution in [2.75, 3.05) is 32.5 Å². The standard InChI is InChI=1S/C12H22N4O2/c1-4-15(5-2)7-6-8-16-9-14-10(11(16)13)12(17)18-3/h9H,4-8,13H2,1-3H3. The van der Waals surface area contributed by atoms with Gasteiger partial charge in [-0.25, -0.2) is 9.78 Å². The molecule has 6 heteroatoms. The highest BCUT2D eigenvalue weighted by molar-refractivity contribution is 5.91. The van der Waals surface area contributed by atoms with E-state index in [1.54, 1.807) is 10.9 Å². The molecule has 0 amide bonds. The molecule has 0 saturated carbocycles. The minimum Gasteiger partial charge on any atom is -0.464 e. The first-order valence-corrected chi connectivity index (χ1v) is 6.25. The van der Waals surface area contributed by atoms with Crippen molar-refractivity contribution >= 4 is 11.8 Å². The second-order valence-electron chi connectivity index (χ2n) is 4.04. The van der Waals surface area contributed by atoms with E-state index in [4.69, 9.17) is 5.73 Å². The van der Waals surface area contributed by atoms with E-state index in [0.29, 0.717) is 5.82 Å². The third-order valence-electron chi connectivity index (χ3n) is 3.02. The molecule has 0 aliphatic carbocycles. The number of rotatable bonds is 7. The first kappa shape index (κ1) is 14.5. The van der Waals surface area contributed by atoms with Gasteiger partial charge >= 0.3 is 5.97 Å². The number of carbonyl (C=O) groups excluding carboxylic acids is 1. The normalized spacial score (nSPS) is 10.9. The van der Waals surface area contributed by atoms with Crippen LogP contribution < -0.4 is 5.73 Å². The molecule has 6 nitrogen and oxygen atoms in total. The molecular weight excluding hydrogens is 232 g/mol. The number of hydrogen-bond acceptors (Lipinski definition) is 5. The Bertz CT molecular complexity index is 385. The molecule has 0 bridgehead atoms. The molecule has 0 spiro atoms. The van der Waals surface area contributed by atoms with Gasteiger partial charge in [-0.15, -0.1) is 0 Å². The van der Waals surface area contributed by atoms with Crippen molar-refractivity contribution in [3.8, 4) is 0 Å². The fourth-order valence-corrected chi connectivity index (χ4v) is 1.83. The topological polar surface area (TPSA) is 73.4 Å². The van der Waals surface area contributed by atoms with Crippen LogP contribution in [0.25, 0.3) is 0 Å². The minimum absolute atomic E-state index is 0.195. The van der Waals surface area contributed by atoms with E-state index in [1.807, 2.05) is 0 Å². The molecule has 2 N–H and O–H groups in total. The van der Waals surface area contributed by atoms with Gasteiger partial charge in [0.1, 0.15) is 5.82 Å². The smallest absolute Gasteiger partial charge is 0.360 e. The van der Waals surface area contributed by atoms with Gasteiger partial charge in [0, 0.05) is 6.54 Å². The van der Waals surface area contributed by atoms with Gasteiger partial charge in [0.25, 0.3) is 0 Å². The summed E-state index contributed by atoms with van der Waals surface area (Å²) in [5.41, 5.74) is 6.04. The number of anilines is 1. The number of nitrogens with zero attached hydrogens (tertiary/aromatic N) is 3. The molecule has 1 aromatic heterocycles. The number of aryl methyl sites for hydroxylation is 1. The monoisotopic (exact) mass is 254 g/mol. The van der Waals surface area contributed by atoms with Crippen molar-refractivity contribution in [1.29, 1.82) is 0 Å². The molecule has 0 radical (unpaired) electrons. The SMILES string of the molecule is CCN(CC)CCCn1cnc(C(=O)OC)c1N. The summed E-state index contributed by atoms with van der Waals surface area (Å²) in [5, 5.41) is 0. The molecule has 1 aromatic rings. The number of carbonyl (C=O) groups is 1. The lowest BCUT2D eigenvalue weighted by molar-refractivity contribution is 0.0596. The van der Waals surface area contributed by atoms with Crippen LogP contribution in [0.5, 0.6) is 0 Å². The van der Waals surface area contributed by atoms with Crippen LogP contribution in [0.1, 0.15) is 30.8 Å². The molecule has 0 saturated heterocycles. The van der Waals surface area contributed by atoms with E-state index in [-0.39, 0.29) is 5.69 Å². The van der Waals surface area contributed by atoms with Crippen LogP contribution >= 0.6 is 0 Å². The predicted octanol–water partition coefficient (Wildman–Crippen LogP) is 0.984. The largest absolute Gasteiger partial charge is 0.464 e. The van der Waals surface area contributed by atoms with Crippen LogP contribution in [0, 0.1) is 0 Å². The Labute approximate surface area is 108 Å². The number of imidazole rings is 1. The Kier molecular flexibility index (Phi) is 5.64. The van der Waals surface area contributed by atoms with E-state index in [2.05, 4.69) is 28.5 Å². The van der Waals surface area contributed by atoms with Crippen LogP contribution in [0.15, 0.2) is 6.33 Å². The second-order valence-corrected chi connectivity index (χ2v) is 4.04. The highest BCUT2D eigenvalue weighted by Gasteiger charge is 2.15. The lowest BCUT2D eigenvalue weighted by Crippen LogP contribution is -2.25. The first-order valence-electron chi connectivity index (χ1n) is 6.25. The summed E-state index contributed by atoms with van der Waals surface area (Å²) in [5.74, 6) is -0.114. The van der Waals surface area contributed by atoms with Gasteiger partial charge in [-0.1, -0.05) is 13.8 Å². The molecule has 0 fully saturated rings. The van der Waals surface area contributed by atoms with Gasteiger partial charge in [-0.2, -0.15) is 0 Å². The number of hydrogen-bond donors (Lipinski definition) is 1. The van der Waals surface area contributed by atoms with Crippen LogP contribution in [0.2, 0.25) is 0 Å². The Morgan fingerprint density at radius 2 is 2.17 bits per heavy atom. The van der Waals surface area contributed by atoms with Gasteiger partial charge in [0.2, 0.25) is 0 Å². The number of methoxy groups -OCH3 is 1. The van der Waals surface area contributed by atoms with Crippen molar-refractivity contribution in [2.45, 2.75) is 26.8 Å². The summed E-state index contributed by atoms with van der Waals surface area (Å²) >= 11 is 0. The fourth-order valence-electron chi connectivity index (χ4n) is 1.83. The second kappa shape index (κ2) is 7.00. The molecule has 0 aliphatic rings. The third kappa shape index (κ3) is 3.46. The quantitative estimate of drug-likeness (QED) is 0.734. The van der Waals surface area contributed by atoms with Crippen LogP contribution in [-0.4, -0.2) is 47.2 Å². The molecule has 0 unspecified atom stereocenters. The zero-order chi connectivity index (χ0) is 13.5. The summed E-state index contributed by atoms with van der Waals surface area (Å²) < 4.78 is 6.39.